The van der Waals surface area contributed by atoms with Gasteiger partial charge in [0.05, 0.1) is 0 Å². The number of halogens is 1. The Kier molecular flexibility index (Phi) is 4.94. The molecule has 24 heavy (non-hydrogen) atoms. The minimum atomic E-state index is -0.294. The van der Waals surface area contributed by atoms with Gasteiger partial charge in [-0.05, 0) is 51.2 Å². The Morgan fingerprint density at radius 1 is 1.17 bits per heavy atom. The number of nitrogens with zero attached hydrogens (tertiary/aromatic N) is 3. The summed E-state index contributed by atoms with van der Waals surface area (Å²) in [5.41, 5.74) is 0.164. The van der Waals surface area contributed by atoms with Crippen LogP contribution in [0.5, 0.6) is 11.6 Å². The van der Waals surface area contributed by atoms with E-state index in [1.54, 1.807) is 24.4 Å². The first-order valence-corrected chi connectivity index (χ1v) is 8.25. The Balaban J connectivity index is 1.65. The molecule has 1 saturated carbocycles. The van der Waals surface area contributed by atoms with E-state index in [4.69, 9.17) is 4.74 Å². The summed E-state index contributed by atoms with van der Waals surface area (Å²) < 4.78 is 18.6. The van der Waals surface area contributed by atoms with Gasteiger partial charge in [0, 0.05) is 24.3 Å². The molecule has 3 rings (SSSR count). The largest absolute Gasteiger partial charge is 0.439 e. The van der Waals surface area contributed by atoms with Crippen molar-refractivity contribution in [2.75, 3.05) is 26.0 Å². The highest BCUT2D eigenvalue weighted by Gasteiger charge is 2.35. The first kappa shape index (κ1) is 16.6. The fourth-order valence-corrected chi connectivity index (χ4v) is 3.17. The molecule has 1 fully saturated rings. The van der Waals surface area contributed by atoms with Gasteiger partial charge >= 0.3 is 0 Å². The lowest BCUT2D eigenvalue weighted by Crippen LogP contribution is -2.47. The average Bonchev–Trinajstić information content (AvgIpc) is 3.06. The smallest absolute Gasteiger partial charge is 0.226 e. The number of benzene rings is 1. The van der Waals surface area contributed by atoms with Gasteiger partial charge in [-0.2, -0.15) is 4.98 Å². The van der Waals surface area contributed by atoms with Gasteiger partial charge in [0.25, 0.3) is 0 Å². The summed E-state index contributed by atoms with van der Waals surface area (Å²) >= 11 is 0. The fourth-order valence-electron chi connectivity index (χ4n) is 3.17. The second-order valence-electron chi connectivity index (χ2n) is 6.45. The molecule has 1 aliphatic carbocycles. The summed E-state index contributed by atoms with van der Waals surface area (Å²) in [7, 11) is 4.25. The van der Waals surface area contributed by atoms with Crippen molar-refractivity contribution in [3.63, 3.8) is 0 Å². The molecule has 2 aromatic rings. The highest BCUT2D eigenvalue weighted by atomic mass is 19.1. The molecular formula is C18H23FN4O. The van der Waals surface area contributed by atoms with Crippen LogP contribution in [-0.2, 0) is 0 Å². The van der Waals surface area contributed by atoms with Crippen molar-refractivity contribution in [2.45, 2.75) is 31.2 Å². The third-order valence-electron chi connectivity index (χ3n) is 4.72. The van der Waals surface area contributed by atoms with E-state index in [0.29, 0.717) is 17.6 Å². The van der Waals surface area contributed by atoms with Crippen molar-refractivity contribution >= 4 is 5.95 Å². The molecule has 0 amide bonds. The van der Waals surface area contributed by atoms with E-state index in [1.165, 1.54) is 37.8 Å². The highest BCUT2D eigenvalue weighted by molar-refractivity contribution is 5.32. The molecule has 5 nitrogen and oxygen atoms in total. The molecule has 1 aromatic heterocycles. The lowest BCUT2D eigenvalue weighted by atomic mass is 9.96. The predicted octanol–water partition coefficient (Wildman–Crippen LogP) is 3.69. The SMILES string of the molecule is CN(C)C1(CNc2nccc(Oc3ccc(F)cc3)n2)CCCC1. The van der Waals surface area contributed by atoms with E-state index in [-0.39, 0.29) is 11.4 Å². The van der Waals surface area contributed by atoms with Crippen LogP contribution in [0, 0.1) is 5.82 Å². The van der Waals surface area contributed by atoms with Crippen LogP contribution in [0.2, 0.25) is 0 Å². The maximum atomic E-state index is 12.9. The average molecular weight is 330 g/mol. The zero-order valence-electron chi connectivity index (χ0n) is 14.1. The lowest BCUT2D eigenvalue weighted by Gasteiger charge is -2.36. The van der Waals surface area contributed by atoms with Crippen LogP contribution in [0.4, 0.5) is 10.3 Å². The van der Waals surface area contributed by atoms with Crippen molar-refractivity contribution in [1.29, 1.82) is 0 Å². The van der Waals surface area contributed by atoms with Gasteiger partial charge < -0.3 is 15.0 Å². The third-order valence-corrected chi connectivity index (χ3v) is 4.72. The molecule has 0 aliphatic heterocycles. The van der Waals surface area contributed by atoms with Crippen molar-refractivity contribution < 1.29 is 9.13 Å². The van der Waals surface area contributed by atoms with Crippen molar-refractivity contribution in [2.24, 2.45) is 0 Å². The van der Waals surface area contributed by atoms with Crippen LogP contribution in [0.3, 0.4) is 0 Å². The fraction of sp³-hybridized carbons (Fsp3) is 0.444. The normalized spacial score (nSPS) is 16.3. The number of nitrogens with one attached hydrogen (secondary N) is 1. The predicted molar refractivity (Wildman–Crippen MR) is 91.9 cm³/mol. The molecule has 0 radical (unpaired) electrons. The second-order valence-corrected chi connectivity index (χ2v) is 6.45. The molecule has 0 unspecified atom stereocenters. The second kappa shape index (κ2) is 7.13. The number of rotatable bonds is 6. The van der Waals surface area contributed by atoms with E-state index in [1.807, 2.05) is 0 Å². The van der Waals surface area contributed by atoms with Crippen LogP contribution < -0.4 is 10.1 Å². The number of likely N-dealkylation sites (N-methyl/N-ethyl adjacent to an activating group) is 1. The topological polar surface area (TPSA) is 50.3 Å². The van der Waals surface area contributed by atoms with Crippen LogP contribution in [0.25, 0.3) is 0 Å². The van der Waals surface area contributed by atoms with Gasteiger partial charge in [0.2, 0.25) is 11.8 Å². The van der Waals surface area contributed by atoms with Crippen LogP contribution >= 0.6 is 0 Å². The van der Waals surface area contributed by atoms with E-state index >= 15 is 0 Å². The minimum absolute atomic E-state index is 0.164. The number of hydrogen-bond acceptors (Lipinski definition) is 5. The molecule has 0 bridgehead atoms. The zero-order chi connectivity index (χ0) is 17.0. The first-order valence-electron chi connectivity index (χ1n) is 8.25. The molecule has 1 aromatic carbocycles. The summed E-state index contributed by atoms with van der Waals surface area (Å²) in [4.78, 5) is 10.9. The summed E-state index contributed by atoms with van der Waals surface area (Å²) in [6.45, 7) is 0.806. The summed E-state index contributed by atoms with van der Waals surface area (Å²) in [6.07, 6.45) is 6.53. The molecule has 1 heterocycles. The van der Waals surface area contributed by atoms with Gasteiger partial charge in [0.1, 0.15) is 11.6 Å². The summed E-state index contributed by atoms with van der Waals surface area (Å²) in [5, 5.41) is 3.34. The molecule has 0 saturated heterocycles. The maximum absolute atomic E-state index is 12.9. The maximum Gasteiger partial charge on any atom is 0.226 e. The lowest BCUT2D eigenvalue weighted by molar-refractivity contribution is 0.172. The molecule has 1 N–H and O–H groups in total. The Morgan fingerprint density at radius 2 is 1.88 bits per heavy atom. The minimum Gasteiger partial charge on any atom is -0.439 e. The Labute approximate surface area is 141 Å². The molecule has 6 heteroatoms. The monoisotopic (exact) mass is 330 g/mol. The van der Waals surface area contributed by atoms with Crippen molar-refractivity contribution in [3.05, 3.63) is 42.3 Å². The van der Waals surface area contributed by atoms with E-state index in [0.717, 1.165) is 6.54 Å². The van der Waals surface area contributed by atoms with Gasteiger partial charge in [-0.25, -0.2) is 9.37 Å². The third kappa shape index (κ3) is 3.82. The quantitative estimate of drug-likeness (QED) is 0.875. The van der Waals surface area contributed by atoms with Gasteiger partial charge in [-0.3, -0.25) is 0 Å². The van der Waals surface area contributed by atoms with Crippen LogP contribution in [0.15, 0.2) is 36.5 Å². The molecule has 0 spiro atoms. The van der Waals surface area contributed by atoms with E-state index in [9.17, 15) is 4.39 Å². The van der Waals surface area contributed by atoms with Gasteiger partial charge in [-0.15, -0.1) is 0 Å². The highest BCUT2D eigenvalue weighted by Crippen LogP contribution is 2.33. The van der Waals surface area contributed by atoms with Gasteiger partial charge in [-0.1, -0.05) is 12.8 Å². The van der Waals surface area contributed by atoms with E-state index < -0.39 is 0 Å². The van der Waals surface area contributed by atoms with Crippen LogP contribution in [-0.4, -0.2) is 41.0 Å². The molecular weight excluding hydrogens is 307 g/mol. The Morgan fingerprint density at radius 3 is 2.54 bits per heavy atom. The van der Waals surface area contributed by atoms with Crippen LogP contribution in [0.1, 0.15) is 25.7 Å². The van der Waals surface area contributed by atoms with E-state index in [2.05, 4.69) is 34.3 Å². The first-order chi connectivity index (χ1) is 11.6. The summed E-state index contributed by atoms with van der Waals surface area (Å²) in [6, 6.07) is 7.55. The summed E-state index contributed by atoms with van der Waals surface area (Å²) in [5.74, 6) is 1.23. The number of aromatic nitrogens is 2. The zero-order valence-corrected chi connectivity index (χ0v) is 14.1. The van der Waals surface area contributed by atoms with Crippen molar-refractivity contribution in [3.8, 4) is 11.6 Å². The van der Waals surface area contributed by atoms with Crippen molar-refractivity contribution in [1.82, 2.24) is 14.9 Å². The van der Waals surface area contributed by atoms with Gasteiger partial charge in [0.15, 0.2) is 0 Å². The number of hydrogen-bond donors (Lipinski definition) is 1. The Hall–Kier alpha value is -2.21. The Bertz CT molecular complexity index is 669. The number of anilines is 1. The molecule has 1 aliphatic rings. The molecule has 128 valence electrons. The molecule has 0 atom stereocenters. The standard InChI is InChI=1S/C18H23FN4O/c1-23(2)18(10-3-4-11-18)13-21-17-20-12-9-16(22-17)24-15-7-5-14(19)6-8-15/h5-9,12H,3-4,10-11,13H2,1-2H3,(H,20,21,22). The number of ether oxygens (including phenoxy) is 1.